The smallest absolute Gasteiger partial charge is 0.0726 e. The van der Waals surface area contributed by atoms with Crippen LogP contribution in [0.5, 0.6) is 0 Å². The summed E-state index contributed by atoms with van der Waals surface area (Å²) in [6.07, 6.45) is 4.24. The maximum atomic E-state index is 5.40. The van der Waals surface area contributed by atoms with Crippen LogP contribution in [0, 0.1) is 5.92 Å². The van der Waals surface area contributed by atoms with Gasteiger partial charge < -0.3 is 10.1 Å². The average Bonchev–Trinajstić information content (AvgIpc) is 2.04. The van der Waals surface area contributed by atoms with Crippen LogP contribution < -0.4 is 5.32 Å². The number of likely N-dealkylation sites (N-methyl/N-ethyl adjacent to an activating group) is 1. The van der Waals surface area contributed by atoms with Gasteiger partial charge in [-0.3, -0.25) is 0 Å². The Morgan fingerprint density at radius 3 is 2.64 bits per heavy atom. The van der Waals surface area contributed by atoms with E-state index in [1.54, 1.807) is 0 Å². The van der Waals surface area contributed by atoms with Gasteiger partial charge in [0, 0.05) is 13.2 Å². The molecular formula is C9H19NO. The highest BCUT2D eigenvalue weighted by atomic mass is 16.5. The topological polar surface area (TPSA) is 21.3 Å². The van der Waals surface area contributed by atoms with Crippen LogP contribution in [-0.2, 0) is 4.74 Å². The van der Waals surface area contributed by atoms with Gasteiger partial charge in [0.05, 0.1) is 6.10 Å². The van der Waals surface area contributed by atoms with Crippen molar-refractivity contribution in [3.8, 4) is 0 Å². The van der Waals surface area contributed by atoms with Crippen LogP contribution in [0.3, 0.4) is 0 Å². The molecule has 1 saturated carbocycles. The summed E-state index contributed by atoms with van der Waals surface area (Å²) in [4.78, 5) is 0. The second-order valence-electron chi connectivity index (χ2n) is 3.59. The Morgan fingerprint density at radius 2 is 2.09 bits per heavy atom. The van der Waals surface area contributed by atoms with E-state index < -0.39 is 0 Å². The third kappa shape index (κ3) is 2.17. The second kappa shape index (κ2) is 4.07. The molecule has 2 heteroatoms. The fourth-order valence-corrected chi connectivity index (χ4v) is 1.92. The van der Waals surface area contributed by atoms with Gasteiger partial charge >= 0.3 is 0 Å². The van der Waals surface area contributed by atoms with Gasteiger partial charge in [0.25, 0.3) is 0 Å². The van der Waals surface area contributed by atoms with Gasteiger partial charge in [-0.1, -0.05) is 6.92 Å². The SMILES string of the molecule is CNC1CCC(C)CC1OC. The Labute approximate surface area is 69.3 Å². The molecule has 1 fully saturated rings. The molecule has 0 amide bonds. The van der Waals surface area contributed by atoms with Crippen LogP contribution >= 0.6 is 0 Å². The molecule has 1 aliphatic rings. The lowest BCUT2D eigenvalue weighted by molar-refractivity contribution is 0.0284. The first-order chi connectivity index (χ1) is 5.27. The van der Waals surface area contributed by atoms with Crippen LogP contribution in [0.25, 0.3) is 0 Å². The molecule has 0 aliphatic heterocycles. The Morgan fingerprint density at radius 1 is 1.36 bits per heavy atom. The van der Waals surface area contributed by atoms with Crippen LogP contribution in [0.2, 0.25) is 0 Å². The van der Waals surface area contributed by atoms with Crippen molar-refractivity contribution in [1.82, 2.24) is 5.32 Å². The zero-order valence-electron chi connectivity index (χ0n) is 7.76. The number of hydrogen-bond donors (Lipinski definition) is 1. The Kier molecular flexibility index (Phi) is 3.34. The lowest BCUT2D eigenvalue weighted by Crippen LogP contribution is -2.43. The van der Waals surface area contributed by atoms with Gasteiger partial charge in [0.15, 0.2) is 0 Å². The normalized spacial score (nSPS) is 39.0. The maximum absolute atomic E-state index is 5.40. The van der Waals surface area contributed by atoms with Gasteiger partial charge in [0.2, 0.25) is 0 Å². The number of rotatable bonds is 2. The molecule has 0 saturated heterocycles. The monoisotopic (exact) mass is 157 g/mol. The molecule has 3 atom stereocenters. The Bertz CT molecular complexity index is 116. The van der Waals surface area contributed by atoms with Crippen LogP contribution in [-0.4, -0.2) is 26.3 Å². The molecule has 66 valence electrons. The molecule has 0 spiro atoms. The van der Waals surface area contributed by atoms with Crippen LogP contribution in [0.4, 0.5) is 0 Å². The number of methoxy groups -OCH3 is 1. The van der Waals surface area contributed by atoms with Crippen LogP contribution in [0.1, 0.15) is 26.2 Å². The summed E-state index contributed by atoms with van der Waals surface area (Å²) in [5.41, 5.74) is 0. The summed E-state index contributed by atoms with van der Waals surface area (Å²) in [5.74, 6) is 0.838. The highest BCUT2D eigenvalue weighted by Gasteiger charge is 2.26. The molecular weight excluding hydrogens is 138 g/mol. The fourth-order valence-electron chi connectivity index (χ4n) is 1.92. The molecule has 0 aromatic carbocycles. The first-order valence-electron chi connectivity index (χ1n) is 4.48. The van der Waals surface area contributed by atoms with E-state index in [-0.39, 0.29) is 0 Å². The first kappa shape index (κ1) is 9.01. The number of nitrogens with one attached hydrogen (secondary N) is 1. The zero-order valence-corrected chi connectivity index (χ0v) is 7.76. The molecule has 1 rings (SSSR count). The zero-order chi connectivity index (χ0) is 8.27. The van der Waals surface area contributed by atoms with Gasteiger partial charge in [-0.05, 0) is 32.2 Å². The third-order valence-electron chi connectivity index (χ3n) is 2.73. The second-order valence-corrected chi connectivity index (χ2v) is 3.59. The quantitative estimate of drug-likeness (QED) is 0.654. The highest BCUT2D eigenvalue weighted by molar-refractivity contribution is 4.82. The predicted octanol–water partition coefficient (Wildman–Crippen LogP) is 1.41. The molecule has 11 heavy (non-hydrogen) atoms. The molecule has 2 nitrogen and oxygen atoms in total. The van der Waals surface area contributed by atoms with Crippen molar-refractivity contribution in [3.63, 3.8) is 0 Å². The van der Waals surface area contributed by atoms with Gasteiger partial charge in [-0.25, -0.2) is 0 Å². The minimum absolute atomic E-state index is 0.434. The molecule has 0 bridgehead atoms. The molecule has 1 aliphatic carbocycles. The van der Waals surface area contributed by atoms with Gasteiger partial charge in [0.1, 0.15) is 0 Å². The van der Waals surface area contributed by atoms with Gasteiger partial charge in [-0.15, -0.1) is 0 Å². The van der Waals surface area contributed by atoms with Crippen molar-refractivity contribution in [1.29, 1.82) is 0 Å². The van der Waals surface area contributed by atoms with Gasteiger partial charge in [-0.2, -0.15) is 0 Å². The predicted molar refractivity (Wildman–Crippen MR) is 46.7 cm³/mol. The average molecular weight is 157 g/mol. The first-order valence-corrected chi connectivity index (χ1v) is 4.48. The lowest BCUT2D eigenvalue weighted by Gasteiger charge is -2.33. The summed E-state index contributed by atoms with van der Waals surface area (Å²) in [6, 6.07) is 0.580. The largest absolute Gasteiger partial charge is 0.380 e. The summed E-state index contributed by atoms with van der Waals surface area (Å²) in [7, 11) is 3.83. The van der Waals surface area contributed by atoms with E-state index in [2.05, 4.69) is 12.2 Å². The summed E-state index contributed by atoms with van der Waals surface area (Å²) < 4.78 is 5.40. The Hall–Kier alpha value is -0.0800. The third-order valence-corrected chi connectivity index (χ3v) is 2.73. The molecule has 0 heterocycles. The Balaban J connectivity index is 2.41. The summed E-state index contributed by atoms with van der Waals surface area (Å²) in [6.45, 7) is 2.30. The molecule has 0 aromatic rings. The summed E-state index contributed by atoms with van der Waals surface area (Å²) in [5, 5.41) is 3.30. The van der Waals surface area contributed by atoms with E-state index in [9.17, 15) is 0 Å². The van der Waals surface area contributed by atoms with Crippen molar-refractivity contribution in [2.45, 2.75) is 38.3 Å². The van der Waals surface area contributed by atoms with E-state index in [4.69, 9.17) is 4.74 Å². The van der Waals surface area contributed by atoms with Crippen molar-refractivity contribution >= 4 is 0 Å². The van der Waals surface area contributed by atoms with E-state index in [1.165, 1.54) is 19.3 Å². The molecule has 0 aromatic heterocycles. The summed E-state index contributed by atoms with van der Waals surface area (Å²) >= 11 is 0. The van der Waals surface area contributed by atoms with E-state index in [0.29, 0.717) is 12.1 Å². The highest BCUT2D eigenvalue weighted by Crippen LogP contribution is 2.25. The van der Waals surface area contributed by atoms with Crippen molar-refractivity contribution in [3.05, 3.63) is 0 Å². The number of hydrogen-bond acceptors (Lipinski definition) is 2. The van der Waals surface area contributed by atoms with E-state index in [1.807, 2.05) is 14.2 Å². The fraction of sp³-hybridized carbons (Fsp3) is 1.00. The molecule has 1 N–H and O–H groups in total. The minimum Gasteiger partial charge on any atom is -0.380 e. The van der Waals surface area contributed by atoms with Crippen molar-refractivity contribution in [2.75, 3.05) is 14.2 Å². The molecule has 0 radical (unpaired) electrons. The van der Waals surface area contributed by atoms with Crippen molar-refractivity contribution < 1.29 is 4.74 Å². The van der Waals surface area contributed by atoms with E-state index in [0.717, 1.165) is 5.92 Å². The minimum atomic E-state index is 0.434. The molecule has 3 unspecified atom stereocenters. The van der Waals surface area contributed by atoms with E-state index >= 15 is 0 Å². The number of ether oxygens (including phenoxy) is 1. The lowest BCUT2D eigenvalue weighted by atomic mass is 9.85. The standard InChI is InChI=1S/C9H19NO/c1-7-4-5-8(10-2)9(6-7)11-3/h7-10H,4-6H2,1-3H3. The maximum Gasteiger partial charge on any atom is 0.0726 e. The van der Waals surface area contributed by atoms with Crippen LogP contribution in [0.15, 0.2) is 0 Å². The van der Waals surface area contributed by atoms with Crippen molar-refractivity contribution in [2.24, 2.45) is 5.92 Å².